The highest BCUT2D eigenvalue weighted by atomic mass is 32.1. The molecule has 27 heavy (non-hydrogen) atoms. The molecule has 0 unspecified atom stereocenters. The second-order valence-corrected chi connectivity index (χ2v) is 7.02. The summed E-state index contributed by atoms with van der Waals surface area (Å²) in [5, 5.41) is 4.90. The molecule has 132 valence electrons. The van der Waals surface area contributed by atoms with Crippen molar-refractivity contribution in [3.63, 3.8) is 0 Å². The number of carbonyl (C=O) groups excluding carboxylic acids is 1. The molecule has 3 aromatic carbocycles. The third-order valence-corrected chi connectivity index (χ3v) is 5.21. The van der Waals surface area contributed by atoms with Crippen molar-refractivity contribution in [2.24, 2.45) is 0 Å². The number of fused-ring (bicyclic) bond motifs is 1. The zero-order valence-electron chi connectivity index (χ0n) is 14.9. The third kappa shape index (κ3) is 3.66. The first kappa shape index (κ1) is 17.2. The molecule has 0 aliphatic rings. The van der Waals surface area contributed by atoms with E-state index in [1.165, 1.54) is 11.3 Å². The van der Waals surface area contributed by atoms with Gasteiger partial charge in [-0.1, -0.05) is 60.7 Å². The maximum Gasteiger partial charge on any atom is 0.257 e. The smallest absolute Gasteiger partial charge is 0.257 e. The number of carbonyl (C=O) groups is 1. The zero-order chi connectivity index (χ0) is 18.6. The lowest BCUT2D eigenvalue weighted by Crippen LogP contribution is -2.23. The molecule has 1 amide bonds. The Morgan fingerprint density at radius 2 is 1.70 bits per heavy atom. The SMILES string of the molecule is Cc1csc(N(C(=O)/C=C/c2cccc3ccccc23)c2ccccc2)n1. The number of thiazole rings is 1. The lowest BCUT2D eigenvalue weighted by molar-refractivity contribution is -0.113. The quantitative estimate of drug-likeness (QED) is 0.414. The molecule has 1 heterocycles. The van der Waals surface area contributed by atoms with Crippen LogP contribution in [0.1, 0.15) is 11.3 Å². The van der Waals surface area contributed by atoms with Gasteiger partial charge in [0.2, 0.25) is 0 Å². The number of hydrogen-bond donors (Lipinski definition) is 0. The molecule has 4 aromatic rings. The molecule has 0 spiro atoms. The monoisotopic (exact) mass is 370 g/mol. The number of anilines is 2. The van der Waals surface area contributed by atoms with E-state index in [4.69, 9.17) is 0 Å². The lowest BCUT2D eigenvalue weighted by Gasteiger charge is -2.18. The summed E-state index contributed by atoms with van der Waals surface area (Å²) >= 11 is 1.47. The summed E-state index contributed by atoms with van der Waals surface area (Å²) in [6.07, 6.45) is 3.49. The largest absolute Gasteiger partial charge is 0.269 e. The van der Waals surface area contributed by atoms with Crippen LogP contribution in [0.5, 0.6) is 0 Å². The minimum atomic E-state index is -0.122. The number of amides is 1. The van der Waals surface area contributed by atoms with Gasteiger partial charge in [0.15, 0.2) is 5.13 Å². The molecule has 0 saturated heterocycles. The van der Waals surface area contributed by atoms with Crippen LogP contribution in [0.2, 0.25) is 0 Å². The van der Waals surface area contributed by atoms with Crippen molar-refractivity contribution in [3.8, 4) is 0 Å². The van der Waals surface area contributed by atoms with Gasteiger partial charge in [-0.05, 0) is 41.5 Å². The summed E-state index contributed by atoms with van der Waals surface area (Å²) in [6, 6.07) is 23.9. The van der Waals surface area contributed by atoms with Gasteiger partial charge in [-0.2, -0.15) is 0 Å². The molecule has 4 rings (SSSR count). The summed E-state index contributed by atoms with van der Waals surface area (Å²) in [5.74, 6) is -0.122. The topological polar surface area (TPSA) is 33.2 Å². The third-order valence-electron chi connectivity index (χ3n) is 4.26. The van der Waals surface area contributed by atoms with Crippen LogP contribution in [-0.2, 0) is 4.79 Å². The Morgan fingerprint density at radius 3 is 2.48 bits per heavy atom. The second-order valence-electron chi connectivity index (χ2n) is 6.18. The van der Waals surface area contributed by atoms with Crippen molar-refractivity contribution in [2.45, 2.75) is 6.92 Å². The predicted octanol–water partition coefficient (Wildman–Crippen LogP) is 5.98. The minimum Gasteiger partial charge on any atom is -0.269 e. The maximum atomic E-state index is 13.1. The van der Waals surface area contributed by atoms with Crippen LogP contribution in [0, 0.1) is 6.92 Å². The van der Waals surface area contributed by atoms with Crippen molar-refractivity contribution in [1.82, 2.24) is 4.98 Å². The van der Waals surface area contributed by atoms with Gasteiger partial charge in [0.1, 0.15) is 0 Å². The molecule has 1 aromatic heterocycles. The molecule has 0 fully saturated rings. The first-order valence-corrected chi connectivity index (χ1v) is 9.57. The summed E-state index contributed by atoms with van der Waals surface area (Å²) in [7, 11) is 0. The van der Waals surface area contributed by atoms with E-state index in [9.17, 15) is 4.79 Å². The molecule has 3 nitrogen and oxygen atoms in total. The van der Waals surface area contributed by atoms with E-state index in [0.29, 0.717) is 5.13 Å². The molecule has 0 atom stereocenters. The van der Waals surface area contributed by atoms with Crippen LogP contribution < -0.4 is 4.90 Å². The second kappa shape index (κ2) is 7.56. The molecule has 0 aliphatic carbocycles. The summed E-state index contributed by atoms with van der Waals surface area (Å²) in [6.45, 7) is 1.93. The van der Waals surface area contributed by atoms with Crippen LogP contribution in [0.4, 0.5) is 10.8 Å². The Kier molecular flexibility index (Phi) is 4.81. The Bertz CT molecular complexity index is 1110. The van der Waals surface area contributed by atoms with E-state index in [2.05, 4.69) is 23.2 Å². The van der Waals surface area contributed by atoms with Gasteiger partial charge in [-0.15, -0.1) is 11.3 Å². The molecule has 4 heteroatoms. The zero-order valence-corrected chi connectivity index (χ0v) is 15.7. The van der Waals surface area contributed by atoms with Crippen LogP contribution in [0.3, 0.4) is 0 Å². The Labute approximate surface area is 162 Å². The van der Waals surface area contributed by atoms with Gasteiger partial charge in [0.25, 0.3) is 5.91 Å². The molecular formula is C23H18N2OS. The fourth-order valence-corrected chi connectivity index (χ4v) is 3.81. The Balaban J connectivity index is 1.70. The number of hydrogen-bond acceptors (Lipinski definition) is 3. The first-order valence-electron chi connectivity index (χ1n) is 8.69. The van der Waals surface area contributed by atoms with Crippen LogP contribution in [-0.4, -0.2) is 10.9 Å². The predicted molar refractivity (Wildman–Crippen MR) is 113 cm³/mol. The highest BCUT2D eigenvalue weighted by Crippen LogP contribution is 2.29. The Hall–Kier alpha value is -3.24. The normalized spacial score (nSPS) is 11.1. The van der Waals surface area contributed by atoms with Crippen molar-refractivity contribution in [1.29, 1.82) is 0 Å². The van der Waals surface area contributed by atoms with E-state index in [0.717, 1.165) is 27.7 Å². The molecule has 0 bridgehead atoms. The van der Waals surface area contributed by atoms with E-state index < -0.39 is 0 Å². The number of aromatic nitrogens is 1. The van der Waals surface area contributed by atoms with Gasteiger partial charge >= 0.3 is 0 Å². The van der Waals surface area contributed by atoms with Crippen LogP contribution in [0.25, 0.3) is 16.8 Å². The van der Waals surface area contributed by atoms with Crippen LogP contribution >= 0.6 is 11.3 Å². The molecule has 0 aliphatic heterocycles. The average Bonchev–Trinajstić information content (AvgIpc) is 3.13. The van der Waals surface area contributed by atoms with E-state index in [-0.39, 0.29) is 5.91 Å². The number of benzene rings is 3. The molecule has 0 radical (unpaired) electrons. The fraction of sp³-hybridized carbons (Fsp3) is 0.0435. The summed E-state index contributed by atoms with van der Waals surface area (Å²) in [4.78, 5) is 19.2. The molecule has 0 saturated carbocycles. The lowest BCUT2D eigenvalue weighted by atomic mass is 10.0. The van der Waals surface area contributed by atoms with E-state index >= 15 is 0 Å². The average molecular weight is 370 g/mol. The first-order chi connectivity index (χ1) is 13.2. The van der Waals surface area contributed by atoms with Crippen LogP contribution in [0.15, 0.2) is 84.3 Å². The molecule has 0 N–H and O–H groups in total. The van der Waals surface area contributed by atoms with Crippen molar-refractivity contribution >= 4 is 44.9 Å². The summed E-state index contributed by atoms with van der Waals surface area (Å²) in [5.41, 5.74) is 2.73. The van der Waals surface area contributed by atoms with E-state index in [1.54, 1.807) is 11.0 Å². The van der Waals surface area contributed by atoms with Gasteiger partial charge in [-0.25, -0.2) is 4.98 Å². The standard InChI is InChI=1S/C23H18N2OS/c1-17-16-27-23(24-17)25(20-11-3-2-4-12-20)22(26)15-14-19-10-7-9-18-8-5-6-13-21(18)19/h2-16H,1H3/b15-14+. The van der Waals surface area contributed by atoms with Crippen molar-refractivity contribution in [3.05, 3.63) is 95.5 Å². The van der Waals surface area contributed by atoms with Gasteiger partial charge in [-0.3, -0.25) is 9.69 Å². The molecular weight excluding hydrogens is 352 g/mol. The highest BCUT2D eigenvalue weighted by molar-refractivity contribution is 7.14. The van der Waals surface area contributed by atoms with Crippen molar-refractivity contribution in [2.75, 3.05) is 4.90 Å². The maximum absolute atomic E-state index is 13.1. The summed E-state index contributed by atoms with van der Waals surface area (Å²) < 4.78 is 0. The van der Waals surface area contributed by atoms with Gasteiger partial charge in [0, 0.05) is 11.5 Å². The number of aryl methyl sites for hydroxylation is 1. The highest BCUT2D eigenvalue weighted by Gasteiger charge is 2.18. The minimum absolute atomic E-state index is 0.122. The number of rotatable bonds is 4. The Morgan fingerprint density at radius 1 is 0.963 bits per heavy atom. The fourth-order valence-electron chi connectivity index (χ4n) is 2.98. The van der Waals surface area contributed by atoms with E-state index in [1.807, 2.05) is 73.0 Å². The van der Waals surface area contributed by atoms with Gasteiger partial charge in [0.05, 0.1) is 11.4 Å². The van der Waals surface area contributed by atoms with Crippen molar-refractivity contribution < 1.29 is 4.79 Å². The number of nitrogens with zero attached hydrogens (tertiary/aromatic N) is 2. The van der Waals surface area contributed by atoms with Gasteiger partial charge < -0.3 is 0 Å². The number of para-hydroxylation sites is 1.